The van der Waals surface area contributed by atoms with Crippen LogP contribution in [0.5, 0.6) is 0 Å². The van der Waals surface area contributed by atoms with Crippen LogP contribution in [0.15, 0.2) is 72.8 Å². The number of nitrogens with one attached hydrogen (secondary N) is 1. The number of hydrogen-bond donors (Lipinski definition) is 1. The third-order valence-electron chi connectivity index (χ3n) is 4.82. The number of carbonyl (C=O) groups excluding carboxylic acids is 1. The van der Waals surface area contributed by atoms with Crippen LogP contribution < -0.4 is 5.32 Å². The average Bonchev–Trinajstić information content (AvgIpc) is 2.75. The lowest BCUT2D eigenvalue weighted by molar-refractivity contribution is -0.384. The molecular formula is C23H16ClN3O3. The lowest BCUT2D eigenvalue weighted by Crippen LogP contribution is -2.15. The molecule has 4 rings (SSSR count). The zero-order chi connectivity index (χ0) is 21.3. The smallest absolute Gasteiger partial charge is 0.271 e. The van der Waals surface area contributed by atoms with Gasteiger partial charge < -0.3 is 5.32 Å². The van der Waals surface area contributed by atoms with E-state index in [4.69, 9.17) is 16.6 Å². The number of pyridine rings is 1. The fourth-order valence-electron chi connectivity index (χ4n) is 3.38. The summed E-state index contributed by atoms with van der Waals surface area (Å²) in [5, 5.41) is 14.5. The first-order valence-corrected chi connectivity index (χ1v) is 9.53. The molecule has 1 amide bonds. The molecule has 0 spiro atoms. The number of fused-ring (bicyclic) bond motifs is 1. The molecule has 0 aliphatic carbocycles. The second-order valence-electron chi connectivity index (χ2n) is 6.72. The standard InChI is InChI=1S/C23H16ClN3O3/c1-14-21(23(28)26-20-12-11-16(27(29)30)13-18(20)24)17-9-5-6-10-19(17)25-22(14)15-7-3-2-4-8-15/h2-13H,1H3,(H,26,28). The molecule has 0 saturated carbocycles. The molecule has 0 unspecified atom stereocenters. The molecule has 1 heterocycles. The maximum atomic E-state index is 13.3. The van der Waals surface area contributed by atoms with E-state index in [0.717, 1.165) is 11.1 Å². The van der Waals surface area contributed by atoms with E-state index in [1.54, 1.807) is 0 Å². The molecule has 1 aromatic heterocycles. The maximum Gasteiger partial charge on any atom is 0.271 e. The molecule has 0 bridgehead atoms. The Balaban J connectivity index is 1.83. The van der Waals surface area contributed by atoms with Crippen molar-refractivity contribution in [3.05, 3.63) is 99.1 Å². The third-order valence-corrected chi connectivity index (χ3v) is 5.13. The Morgan fingerprint density at radius 3 is 2.43 bits per heavy atom. The number of rotatable bonds is 4. The third kappa shape index (κ3) is 3.60. The van der Waals surface area contributed by atoms with Gasteiger partial charge in [0.25, 0.3) is 11.6 Å². The number of benzene rings is 3. The van der Waals surface area contributed by atoms with Gasteiger partial charge in [-0.2, -0.15) is 0 Å². The van der Waals surface area contributed by atoms with Gasteiger partial charge in [-0.15, -0.1) is 0 Å². The highest BCUT2D eigenvalue weighted by atomic mass is 35.5. The van der Waals surface area contributed by atoms with Crippen molar-refractivity contribution >= 4 is 39.8 Å². The molecule has 0 radical (unpaired) electrons. The summed E-state index contributed by atoms with van der Waals surface area (Å²) in [4.78, 5) is 28.4. The number of nitro benzene ring substituents is 1. The van der Waals surface area contributed by atoms with E-state index < -0.39 is 4.92 Å². The predicted octanol–water partition coefficient (Wildman–Crippen LogP) is 6.02. The number of nitro groups is 1. The molecule has 4 aromatic rings. The van der Waals surface area contributed by atoms with Crippen molar-refractivity contribution in [2.45, 2.75) is 6.92 Å². The maximum absolute atomic E-state index is 13.3. The minimum absolute atomic E-state index is 0.0943. The summed E-state index contributed by atoms with van der Waals surface area (Å²) in [5.41, 5.74) is 3.69. The van der Waals surface area contributed by atoms with Gasteiger partial charge in [-0.25, -0.2) is 4.98 Å². The molecular weight excluding hydrogens is 402 g/mol. The van der Waals surface area contributed by atoms with Crippen molar-refractivity contribution in [3.63, 3.8) is 0 Å². The lowest BCUT2D eigenvalue weighted by atomic mass is 9.97. The van der Waals surface area contributed by atoms with Gasteiger partial charge in [0.2, 0.25) is 0 Å². The monoisotopic (exact) mass is 417 g/mol. The van der Waals surface area contributed by atoms with Crippen LogP contribution >= 0.6 is 11.6 Å². The highest BCUT2D eigenvalue weighted by molar-refractivity contribution is 6.34. The first-order chi connectivity index (χ1) is 14.5. The van der Waals surface area contributed by atoms with Crippen molar-refractivity contribution in [1.82, 2.24) is 4.98 Å². The van der Waals surface area contributed by atoms with Gasteiger partial charge >= 0.3 is 0 Å². The Hall–Kier alpha value is -3.77. The first-order valence-electron chi connectivity index (χ1n) is 9.16. The number of aromatic nitrogens is 1. The second kappa shape index (κ2) is 7.93. The zero-order valence-corrected chi connectivity index (χ0v) is 16.7. The molecule has 30 heavy (non-hydrogen) atoms. The highest BCUT2D eigenvalue weighted by Crippen LogP contribution is 2.32. The molecule has 0 atom stereocenters. The number of carbonyl (C=O) groups is 1. The summed E-state index contributed by atoms with van der Waals surface area (Å²) in [6.45, 7) is 1.86. The molecule has 3 aromatic carbocycles. The number of hydrogen-bond acceptors (Lipinski definition) is 4. The minimum atomic E-state index is -0.538. The van der Waals surface area contributed by atoms with Crippen LogP contribution in [0.4, 0.5) is 11.4 Å². The Morgan fingerprint density at radius 2 is 1.73 bits per heavy atom. The molecule has 0 aliphatic rings. The normalized spacial score (nSPS) is 10.7. The van der Waals surface area contributed by atoms with Gasteiger partial charge in [0.05, 0.1) is 32.4 Å². The fourth-order valence-corrected chi connectivity index (χ4v) is 3.60. The lowest BCUT2D eigenvalue weighted by Gasteiger charge is -2.15. The van der Waals surface area contributed by atoms with Crippen LogP contribution in [0.25, 0.3) is 22.2 Å². The SMILES string of the molecule is Cc1c(-c2ccccc2)nc2ccccc2c1C(=O)Nc1ccc([N+](=O)[O-])cc1Cl. The highest BCUT2D eigenvalue weighted by Gasteiger charge is 2.20. The summed E-state index contributed by atoms with van der Waals surface area (Å²) in [6, 6.07) is 21.0. The average molecular weight is 418 g/mol. The van der Waals surface area contributed by atoms with Gasteiger partial charge in [0.1, 0.15) is 0 Å². The summed E-state index contributed by atoms with van der Waals surface area (Å²) in [6.07, 6.45) is 0. The van der Waals surface area contributed by atoms with Crippen LogP contribution in [0.3, 0.4) is 0 Å². The van der Waals surface area contributed by atoms with Gasteiger partial charge in [0, 0.05) is 23.1 Å². The zero-order valence-electron chi connectivity index (χ0n) is 15.9. The van der Waals surface area contributed by atoms with Gasteiger partial charge in [0.15, 0.2) is 0 Å². The minimum Gasteiger partial charge on any atom is -0.321 e. The molecule has 0 aliphatic heterocycles. The fraction of sp³-hybridized carbons (Fsp3) is 0.0435. The van der Waals surface area contributed by atoms with E-state index in [1.807, 2.05) is 61.5 Å². The summed E-state index contributed by atoms with van der Waals surface area (Å²) in [5.74, 6) is -0.362. The van der Waals surface area contributed by atoms with E-state index in [-0.39, 0.29) is 16.6 Å². The van der Waals surface area contributed by atoms with Crippen LogP contribution in [0.2, 0.25) is 5.02 Å². The number of amides is 1. The van der Waals surface area contributed by atoms with Crippen LogP contribution in [-0.4, -0.2) is 15.8 Å². The molecule has 0 fully saturated rings. The second-order valence-corrected chi connectivity index (χ2v) is 7.13. The first kappa shape index (κ1) is 19.5. The van der Waals surface area contributed by atoms with Crippen molar-refractivity contribution in [1.29, 1.82) is 0 Å². The van der Waals surface area contributed by atoms with Gasteiger partial charge in [-0.1, -0.05) is 60.1 Å². The Bertz CT molecular complexity index is 1290. The van der Waals surface area contributed by atoms with Gasteiger partial charge in [-0.3, -0.25) is 14.9 Å². The van der Waals surface area contributed by atoms with Crippen molar-refractivity contribution in [2.24, 2.45) is 0 Å². The summed E-state index contributed by atoms with van der Waals surface area (Å²) >= 11 is 6.16. The topological polar surface area (TPSA) is 85.1 Å². The van der Waals surface area contributed by atoms with E-state index in [9.17, 15) is 14.9 Å². The van der Waals surface area contributed by atoms with E-state index >= 15 is 0 Å². The Labute approximate surface area is 177 Å². The van der Waals surface area contributed by atoms with Crippen molar-refractivity contribution < 1.29 is 9.72 Å². The Kier molecular flexibility index (Phi) is 5.16. The molecule has 7 heteroatoms. The number of nitrogens with zero attached hydrogens (tertiary/aromatic N) is 2. The summed E-state index contributed by atoms with van der Waals surface area (Å²) in [7, 11) is 0. The number of non-ortho nitro benzene ring substituents is 1. The van der Waals surface area contributed by atoms with Crippen LogP contribution in [-0.2, 0) is 0 Å². The van der Waals surface area contributed by atoms with Gasteiger partial charge in [-0.05, 0) is 24.6 Å². The van der Waals surface area contributed by atoms with E-state index in [1.165, 1.54) is 18.2 Å². The quantitative estimate of drug-likeness (QED) is 0.324. The molecule has 6 nitrogen and oxygen atoms in total. The summed E-state index contributed by atoms with van der Waals surface area (Å²) < 4.78 is 0. The van der Waals surface area contributed by atoms with E-state index in [0.29, 0.717) is 27.8 Å². The molecule has 0 saturated heterocycles. The molecule has 1 N–H and O–H groups in total. The Morgan fingerprint density at radius 1 is 1.03 bits per heavy atom. The van der Waals surface area contributed by atoms with E-state index in [2.05, 4.69) is 5.32 Å². The van der Waals surface area contributed by atoms with Crippen LogP contribution in [0.1, 0.15) is 15.9 Å². The van der Waals surface area contributed by atoms with Crippen molar-refractivity contribution in [2.75, 3.05) is 5.32 Å². The number of halogens is 1. The number of anilines is 1. The van der Waals surface area contributed by atoms with Crippen molar-refractivity contribution in [3.8, 4) is 11.3 Å². The largest absolute Gasteiger partial charge is 0.321 e. The predicted molar refractivity (Wildman–Crippen MR) is 118 cm³/mol. The van der Waals surface area contributed by atoms with Crippen LogP contribution in [0, 0.1) is 17.0 Å². The number of para-hydroxylation sites is 1. The molecule has 148 valence electrons.